The molecular weight excluding hydrogens is 587 g/mol. The molecule has 4 rings (SSSR count). The number of rotatable bonds is 9. The molecule has 1 aromatic carbocycles. The second-order valence-corrected chi connectivity index (χ2v) is 9.49. The molecule has 0 radical (unpaired) electrons. The maximum Gasteiger partial charge on any atom is 0.332 e. The first kappa shape index (κ1) is 36.5. The van der Waals surface area contributed by atoms with Gasteiger partial charge in [-0.15, -0.1) is 4.80 Å². The van der Waals surface area contributed by atoms with Crippen molar-refractivity contribution in [2.75, 3.05) is 33.9 Å². The van der Waals surface area contributed by atoms with Gasteiger partial charge in [0.1, 0.15) is 21.4 Å². The Kier molecular flexibility index (Phi) is 15.1. The summed E-state index contributed by atoms with van der Waals surface area (Å²) in [5, 5.41) is 24.6. The third-order valence-electron chi connectivity index (χ3n) is 6.01. The second kappa shape index (κ2) is 17.4. The standard InChI is InChI=1S/C23H25FN6O4S.C2H6O2.C2H6.H2S/c1-14-19-20(32)28(12-11-27(3)15(2)31)23(33)29(22(19)35-21(14)30-25-8-9-26-30)10-7-16-13-17(24)5-6-18(16)34-4;3-1-2-4;1-2;/h5-6,8-9,13H,7,10-12H2,1-4H3;3-4H,1-2H2;1-2H3;1H2. The Morgan fingerprint density at radius 1 is 1.10 bits per heavy atom. The van der Waals surface area contributed by atoms with Gasteiger partial charge in [0.2, 0.25) is 5.91 Å². The number of halogens is 1. The van der Waals surface area contributed by atoms with Gasteiger partial charge in [0, 0.05) is 39.2 Å². The molecule has 0 bridgehead atoms. The van der Waals surface area contributed by atoms with Crippen LogP contribution in [0.3, 0.4) is 0 Å². The third kappa shape index (κ3) is 8.50. The lowest BCUT2D eigenvalue weighted by Crippen LogP contribution is -2.42. The predicted octanol–water partition coefficient (Wildman–Crippen LogP) is 2.09. The molecule has 15 heteroatoms. The zero-order valence-corrected chi connectivity index (χ0v) is 26.4. The lowest BCUT2D eigenvalue weighted by atomic mass is 10.1. The van der Waals surface area contributed by atoms with Crippen LogP contribution in [0, 0.1) is 12.7 Å². The molecule has 0 unspecified atom stereocenters. The average molecular weight is 627 g/mol. The van der Waals surface area contributed by atoms with Crippen molar-refractivity contribution >= 4 is 41.0 Å². The van der Waals surface area contributed by atoms with Gasteiger partial charge in [-0.3, -0.25) is 18.7 Å². The van der Waals surface area contributed by atoms with E-state index in [1.54, 1.807) is 20.0 Å². The van der Waals surface area contributed by atoms with Crippen LogP contribution in [0.25, 0.3) is 15.2 Å². The van der Waals surface area contributed by atoms with Gasteiger partial charge in [-0.2, -0.15) is 23.7 Å². The van der Waals surface area contributed by atoms with Crippen molar-refractivity contribution in [3.8, 4) is 10.8 Å². The van der Waals surface area contributed by atoms with E-state index in [1.807, 2.05) is 13.8 Å². The largest absolute Gasteiger partial charge is 0.496 e. The number of aliphatic hydroxyl groups is 2. The molecule has 0 saturated carbocycles. The molecule has 0 aliphatic carbocycles. The van der Waals surface area contributed by atoms with Crippen LogP contribution < -0.4 is 16.0 Å². The van der Waals surface area contributed by atoms with E-state index < -0.39 is 17.1 Å². The Morgan fingerprint density at radius 2 is 1.71 bits per heavy atom. The first-order valence-electron chi connectivity index (χ1n) is 13.0. The van der Waals surface area contributed by atoms with Crippen LogP contribution >= 0.6 is 24.8 Å². The summed E-state index contributed by atoms with van der Waals surface area (Å²) in [7, 11) is 3.11. The zero-order chi connectivity index (χ0) is 30.7. The van der Waals surface area contributed by atoms with Crippen LogP contribution in [0.15, 0.2) is 40.2 Å². The molecule has 4 aromatic rings. The van der Waals surface area contributed by atoms with Gasteiger partial charge in [-0.1, -0.05) is 25.2 Å². The molecular formula is C27H39FN6O6S2. The summed E-state index contributed by atoms with van der Waals surface area (Å²) in [6, 6.07) is 4.22. The van der Waals surface area contributed by atoms with Gasteiger partial charge < -0.3 is 19.8 Å². The van der Waals surface area contributed by atoms with Gasteiger partial charge >= 0.3 is 5.69 Å². The molecule has 0 atom stereocenters. The maximum absolute atomic E-state index is 13.9. The molecule has 0 aliphatic rings. The number of fused-ring (bicyclic) bond motifs is 1. The van der Waals surface area contributed by atoms with E-state index in [9.17, 15) is 18.8 Å². The number of ether oxygens (including phenoxy) is 1. The maximum atomic E-state index is 13.9. The summed E-state index contributed by atoms with van der Waals surface area (Å²) in [6.07, 6.45) is 3.36. The van der Waals surface area contributed by atoms with Crippen molar-refractivity contribution in [3.63, 3.8) is 0 Å². The molecule has 3 heterocycles. The number of carbonyl (C=O) groups excluding carboxylic acids is 1. The fraction of sp³-hybridized carbons (Fsp3) is 0.444. The van der Waals surface area contributed by atoms with Gasteiger partial charge in [-0.05, 0) is 37.1 Å². The number of methoxy groups -OCH3 is 1. The summed E-state index contributed by atoms with van der Waals surface area (Å²) < 4.78 is 21.9. The number of nitrogens with zero attached hydrogens (tertiary/aromatic N) is 6. The number of aliphatic hydroxyl groups excluding tert-OH is 2. The minimum atomic E-state index is -0.504. The summed E-state index contributed by atoms with van der Waals surface area (Å²) in [6.45, 7) is 7.38. The number of aromatic nitrogens is 5. The van der Waals surface area contributed by atoms with E-state index in [0.29, 0.717) is 38.5 Å². The third-order valence-corrected chi connectivity index (χ3v) is 7.29. The SMILES string of the molecule is CC.COc1ccc(F)cc1CCn1c(=O)n(CCN(C)C(C)=O)c(=O)c2c(C)c(-n3nccn3)sc21.OCCO.S. The van der Waals surface area contributed by atoms with Crippen molar-refractivity contribution in [1.29, 1.82) is 0 Å². The fourth-order valence-electron chi connectivity index (χ4n) is 3.87. The van der Waals surface area contributed by atoms with Crippen molar-refractivity contribution < 1.29 is 24.1 Å². The van der Waals surface area contributed by atoms with E-state index >= 15 is 0 Å². The summed E-state index contributed by atoms with van der Waals surface area (Å²) in [4.78, 5) is 41.9. The van der Waals surface area contributed by atoms with Crippen molar-refractivity contribution in [1.82, 2.24) is 29.0 Å². The normalized spacial score (nSPS) is 10.2. The summed E-state index contributed by atoms with van der Waals surface area (Å²) >= 11 is 1.24. The topological polar surface area (TPSA) is 145 Å². The Hall–Kier alpha value is -3.53. The Labute approximate surface area is 254 Å². The molecule has 42 heavy (non-hydrogen) atoms. The lowest BCUT2D eigenvalue weighted by Gasteiger charge is -2.17. The van der Waals surface area contributed by atoms with Crippen LogP contribution in [0.4, 0.5) is 4.39 Å². The predicted molar refractivity (Wildman–Crippen MR) is 166 cm³/mol. The van der Waals surface area contributed by atoms with Crippen molar-refractivity contribution in [2.45, 2.75) is 47.2 Å². The Bertz CT molecular complexity index is 1550. The highest BCUT2D eigenvalue weighted by Gasteiger charge is 2.22. The number of amides is 1. The number of aryl methyl sites for hydroxylation is 3. The summed E-state index contributed by atoms with van der Waals surface area (Å²) in [5.74, 6) is -0.0677. The quantitative estimate of drug-likeness (QED) is 0.288. The highest BCUT2D eigenvalue weighted by atomic mass is 32.1. The van der Waals surface area contributed by atoms with Crippen molar-refractivity contribution in [3.05, 3.63) is 68.4 Å². The molecule has 0 saturated heterocycles. The van der Waals surface area contributed by atoms with E-state index in [0.717, 1.165) is 4.57 Å². The first-order valence-corrected chi connectivity index (χ1v) is 13.8. The number of thiophene rings is 1. The minimum absolute atomic E-state index is 0. The molecule has 3 aromatic heterocycles. The Morgan fingerprint density at radius 3 is 2.26 bits per heavy atom. The molecule has 232 valence electrons. The van der Waals surface area contributed by atoms with E-state index in [-0.39, 0.29) is 52.3 Å². The van der Waals surface area contributed by atoms with Crippen LogP contribution in [0.2, 0.25) is 0 Å². The smallest absolute Gasteiger partial charge is 0.332 e. The highest BCUT2D eigenvalue weighted by molar-refractivity contribution is 7.59. The van der Waals surface area contributed by atoms with Crippen LogP contribution in [-0.2, 0) is 24.3 Å². The number of hydrogen-bond donors (Lipinski definition) is 2. The molecule has 2 N–H and O–H groups in total. The average Bonchev–Trinajstić information content (AvgIpc) is 3.62. The zero-order valence-electron chi connectivity index (χ0n) is 24.6. The van der Waals surface area contributed by atoms with E-state index in [2.05, 4.69) is 10.2 Å². The van der Waals surface area contributed by atoms with Gasteiger partial charge in [0.05, 0.1) is 38.1 Å². The summed E-state index contributed by atoms with van der Waals surface area (Å²) in [5.41, 5.74) is 0.311. The molecule has 0 aliphatic heterocycles. The lowest BCUT2D eigenvalue weighted by molar-refractivity contribution is -0.127. The van der Waals surface area contributed by atoms with Crippen LogP contribution in [0.5, 0.6) is 5.75 Å². The molecule has 0 fully saturated rings. The molecule has 12 nitrogen and oxygen atoms in total. The first-order chi connectivity index (χ1) is 19.6. The fourth-order valence-corrected chi connectivity index (χ4v) is 5.11. The van der Waals surface area contributed by atoms with E-state index in [1.165, 1.54) is 64.2 Å². The second-order valence-electron chi connectivity index (χ2n) is 8.52. The number of likely N-dealkylation sites (N-methyl/N-ethyl adjacent to an activating group) is 1. The number of benzene rings is 1. The minimum Gasteiger partial charge on any atom is -0.496 e. The number of hydrogen-bond acceptors (Lipinski definition) is 9. The van der Waals surface area contributed by atoms with Crippen molar-refractivity contribution in [2.24, 2.45) is 0 Å². The van der Waals surface area contributed by atoms with Gasteiger partial charge in [0.25, 0.3) is 5.56 Å². The van der Waals surface area contributed by atoms with Gasteiger partial charge in [0.15, 0.2) is 0 Å². The van der Waals surface area contributed by atoms with Crippen LogP contribution in [-0.4, -0.2) is 79.1 Å². The van der Waals surface area contributed by atoms with E-state index in [4.69, 9.17) is 14.9 Å². The van der Waals surface area contributed by atoms with Crippen LogP contribution in [0.1, 0.15) is 31.9 Å². The Balaban J connectivity index is 0.00000116. The highest BCUT2D eigenvalue weighted by Crippen LogP contribution is 2.30. The van der Waals surface area contributed by atoms with Gasteiger partial charge in [-0.25, -0.2) is 9.18 Å². The number of carbonyl (C=O) groups is 1. The molecule has 0 spiro atoms. The molecule has 1 amide bonds. The monoisotopic (exact) mass is 626 g/mol.